The molecular weight excluding hydrogens is 298 g/mol. The zero-order valence-electron chi connectivity index (χ0n) is 10.8. The van der Waals surface area contributed by atoms with Crippen LogP contribution in [0, 0.1) is 0 Å². The van der Waals surface area contributed by atoms with Gasteiger partial charge in [-0.2, -0.15) is 0 Å². The summed E-state index contributed by atoms with van der Waals surface area (Å²) in [4.78, 5) is 24.3. The summed E-state index contributed by atoms with van der Waals surface area (Å²) >= 11 is 0. The Balaban J connectivity index is 2.84. The Labute approximate surface area is 115 Å². The number of halogens is 2. The number of carbonyl (C=O) groups is 2. The van der Waals surface area contributed by atoms with Gasteiger partial charge in [0.05, 0.1) is 18.1 Å². The number of hydrogen-bond acceptors (Lipinski definition) is 4. The van der Waals surface area contributed by atoms with Crippen LogP contribution in [0.2, 0.25) is 0 Å². The standard InChI is InChI=1S/C10H16F2N2O5S/c1-13(4-8(11)12)10(17)14(5-9(15)16)7-2-3-20(18,19)6-7/h7-8H,2-6H2,1H3,(H,15,16). The number of amides is 2. The summed E-state index contributed by atoms with van der Waals surface area (Å²) in [6, 6.07) is -1.70. The highest BCUT2D eigenvalue weighted by Gasteiger charge is 2.37. The second-order valence-corrected chi connectivity index (χ2v) is 6.86. The van der Waals surface area contributed by atoms with E-state index in [0.717, 1.165) is 11.9 Å². The maximum atomic E-state index is 12.2. The van der Waals surface area contributed by atoms with Gasteiger partial charge in [-0.1, -0.05) is 0 Å². The minimum absolute atomic E-state index is 0.115. The van der Waals surface area contributed by atoms with E-state index in [0.29, 0.717) is 4.90 Å². The van der Waals surface area contributed by atoms with Crippen molar-refractivity contribution in [2.24, 2.45) is 0 Å². The summed E-state index contributed by atoms with van der Waals surface area (Å²) < 4.78 is 47.3. The summed E-state index contributed by atoms with van der Waals surface area (Å²) in [5.41, 5.74) is 0. The van der Waals surface area contributed by atoms with E-state index in [-0.39, 0.29) is 17.9 Å². The maximum Gasteiger partial charge on any atom is 0.323 e. The first kappa shape index (κ1) is 16.6. The summed E-state index contributed by atoms with van der Waals surface area (Å²) in [7, 11) is -2.19. The van der Waals surface area contributed by atoms with Gasteiger partial charge in [0, 0.05) is 13.1 Å². The van der Waals surface area contributed by atoms with Crippen molar-refractivity contribution in [3.63, 3.8) is 0 Å². The van der Waals surface area contributed by atoms with E-state index >= 15 is 0 Å². The monoisotopic (exact) mass is 314 g/mol. The van der Waals surface area contributed by atoms with Crippen LogP contribution in [0.25, 0.3) is 0 Å². The van der Waals surface area contributed by atoms with E-state index in [1.165, 1.54) is 0 Å². The quantitative estimate of drug-likeness (QED) is 0.763. The predicted octanol–water partition coefficient (Wildman–Crippen LogP) is -0.123. The Morgan fingerprint density at radius 2 is 2.00 bits per heavy atom. The third-order valence-electron chi connectivity index (χ3n) is 2.94. The molecule has 10 heteroatoms. The largest absolute Gasteiger partial charge is 0.480 e. The van der Waals surface area contributed by atoms with Crippen LogP contribution in [0.4, 0.5) is 13.6 Å². The molecule has 1 saturated heterocycles. The van der Waals surface area contributed by atoms with E-state index in [1.807, 2.05) is 0 Å². The van der Waals surface area contributed by atoms with Gasteiger partial charge in [0.1, 0.15) is 6.54 Å². The number of carboxylic acid groups (broad SMARTS) is 1. The lowest BCUT2D eigenvalue weighted by Gasteiger charge is -2.30. The van der Waals surface area contributed by atoms with Crippen LogP contribution in [-0.2, 0) is 14.6 Å². The number of rotatable bonds is 5. The minimum atomic E-state index is -3.31. The molecule has 0 aromatic carbocycles. The van der Waals surface area contributed by atoms with Crippen molar-refractivity contribution < 1.29 is 31.9 Å². The summed E-state index contributed by atoms with van der Waals surface area (Å²) in [6.45, 7) is -1.55. The van der Waals surface area contributed by atoms with Gasteiger partial charge >= 0.3 is 12.0 Å². The number of carbonyl (C=O) groups excluding carboxylic acids is 1. The molecular formula is C10H16F2N2O5S. The number of sulfone groups is 1. The first-order valence-electron chi connectivity index (χ1n) is 5.84. The Morgan fingerprint density at radius 3 is 2.40 bits per heavy atom. The summed E-state index contributed by atoms with van der Waals surface area (Å²) in [5.74, 6) is -1.80. The molecule has 0 saturated carbocycles. The van der Waals surface area contributed by atoms with E-state index in [1.54, 1.807) is 0 Å². The lowest BCUT2D eigenvalue weighted by Crippen LogP contribution is -2.50. The molecule has 0 aromatic rings. The SMILES string of the molecule is CN(CC(F)F)C(=O)N(CC(=O)O)C1CCS(=O)(=O)C1. The summed E-state index contributed by atoms with van der Waals surface area (Å²) in [6.07, 6.45) is -2.63. The Morgan fingerprint density at radius 1 is 1.40 bits per heavy atom. The smallest absolute Gasteiger partial charge is 0.323 e. The van der Waals surface area contributed by atoms with Crippen molar-refractivity contribution in [3.05, 3.63) is 0 Å². The normalized spacial score (nSPS) is 20.9. The van der Waals surface area contributed by atoms with Crippen LogP contribution in [0.1, 0.15) is 6.42 Å². The van der Waals surface area contributed by atoms with Crippen molar-refractivity contribution in [1.29, 1.82) is 0 Å². The molecule has 20 heavy (non-hydrogen) atoms. The summed E-state index contributed by atoms with van der Waals surface area (Å²) in [5, 5.41) is 8.78. The molecule has 0 aromatic heterocycles. The number of urea groups is 1. The Hall–Kier alpha value is -1.45. The van der Waals surface area contributed by atoms with Crippen molar-refractivity contribution in [3.8, 4) is 0 Å². The van der Waals surface area contributed by atoms with Crippen LogP contribution in [-0.4, -0.2) is 79.4 Å². The Bertz CT molecular complexity index is 482. The molecule has 116 valence electrons. The fourth-order valence-electron chi connectivity index (χ4n) is 2.02. The second kappa shape index (κ2) is 6.33. The Kier molecular flexibility index (Phi) is 5.26. The molecule has 1 atom stereocenters. The van der Waals surface area contributed by atoms with Gasteiger partial charge < -0.3 is 14.9 Å². The van der Waals surface area contributed by atoms with Gasteiger partial charge in [0.25, 0.3) is 6.43 Å². The maximum absolute atomic E-state index is 12.2. The molecule has 0 bridgehead atoms. The molecule has 1 rings (SSSR count). The molecule has 1 unspecified atom stereocenters. The molecule has 0 aliphatic carbocycles. The van der Waals surface area contributed by atoms with E-state index in [9.17, 15) is 26.8 Å². The van der Waals surface area contributed by atoms with Crippen molar-refractivity contribution in [2.75, 3.05) is 31.6 Å². The first-order chi connectivity index (χ1) is 9.12. The fourth-order valence-corrected chi connectivity index (χ4v) is 3.75. The predicted molar refractivity (Wildman–Crippen MR) is 65.4 cm³/mol. The molecule has 0 radical (unpaired) electrons. The molecule has 1 heterocycles. The van der Waals surface area contributed by atoms with Crippen molar-refractivity contribution in [1.82, 2.24) is 9.80 Å². The lowest BCUT2D eigenvalue weighted by molar-refractivity contribution is -0.138. The first-order valence-corrected chi connectivity index (χ1v) is 7.66. The van der Waals surface area contributed by atoms with Crippen LogP contribution >= 0.6 is 0 Å². The van der Waals surface area contributed by atoms with Gasteiger partial charge in [-0.05, 0) is 6.42 Å². The van der Waals surface area contributed by atoms with E-state index in [4.69, 9.17) is 5.11 Å². The number of alkyl halides is 2. The molecule has 1 aliphatic rings. The molecule has 1 N–H and O–H groups in total. The molecule has 0 spiro atoms. The third kappa shape index (κ3) is 4.58. The zero-order valence-corrected chi connectivity index (χ0v) is 11.6. The van der Waals surface area contributed by atoms with Gasteiger partial charge in [0.2, 0.25) is 0 Å². The molecule has 1 fully saturated rings. The van der Waals surface area contributed by atoms with Crippen LogP contribution in [0.3, 0.4) is 0 Å². The highest BCUT2D eigenvalue weighted by atomic mass is 32.2. The molecule has 1 aliphatic heterocycles. The van der Waals surface area contributed by atoms with Gasteiger partial charge in [-0.15, -0.1) is 0 Å². The fraction of sp³-hybridized carbons (Fsp3) is 0.800. The highest BCUT2D eigenvalue weighted by Crippen LogP contribution is 2.19. The van der Waals surface area contributed by atoms with E-state index in [2.05, 4.69) is 0 Å². The highest BCUT2D eigenvalue weighted by molar-refractivity contribution is 7.91. The van der Waals surface area contributed by atoms with Crippen molar-refractivity contribution in [2.45, 2.75) is 18.9 Å². The van der Waals surface area contributed by atoms with Gasteiger partial charge in [-0.3, -0.25) is 4.79 Å². The third-order valence-corrected chi connectivity index (χ3v) is 4.69. The molecule has 7 nitrogen and oxygen atoms in total. The van der Waals surface area contributed by atoms with Crippen LogP contribution < -0.4 is 0 Å². The number of aliphatic carboxylic acids is 1. The molecule has 2 amide bonds. The van der Waals surface area contributed by atoms with Gasteiger partial charge in [-0.25, -0.2) is 22.0 Å². The average Bonchev–Trinajstić information content (AvgIpc) is 2.64. The van der Waals surface area contributed by atoms with Crippen LogP contribution in [0.15, 0.2) is 0 Å². The number of carboxylic acids is 1. The van der Waals surface area contributed by atoms with Gasteiger partial charge in [0.15, 0.2) is 9.84 Å². The topological polar surface area (TPSA) is 95.0 Å². The number of hydrogen-bond donors (Lipinski definition) is 1. The zero-order chi connectivity index (χ0) is 15.5. The van der Waals surface area contributed by atoms with E-state index < -0.39 is 47.4 Å². The second-order valence-electron chi connectivity index (χ2n) is 4.63. The van der Waals surface area contributed by atoms with Crippen molar-refractivity contribution >= 4 is 21.8 Å². The lowest BCUT2D eigenvalue weighted by atomic mass is 10.2. The number of nitrogens with zero attached hydrogens (tertiary/aromatic N) is 2. The average molecular weight is 314 g/mol. The minimum Gasteiger partial charge on any atom is -0.480 e. The van der Waals surface area contributed by atoms with Crippen LogP contribution in [0.5, 0.6) is 0 Å².